The minimum atomic E-state index is -3.12. The van der Waals surface area contributed by atoms with Crippen LogP contribution in [0.25, 0.3) is 0 Å². The first kappa shape index (κ1) is 18.7. The molecule has 1 amide bonds. The van der Waals surface area contributed by atoms with E-state index in [-0.39, 0.29) is 11.8 Å². The largest absolute Gasteiger partial charge is 0.356 e. The molecule has 0 bridgehead atoms. The van der Waals surface area contributed by atoms with Crippen LogP contribution in [0.1, 0.15) is 39.0 Å². The molecule has 0 aromatic heterocycles. The molecule has 2 rings (SSSR count). The number of rotatable bonds is 6. The normalized spacial score (nSPS) is 25.4. The zero-order valence-corrected chi connectivity index (χ0v) is 15.3. The summed E-state index contributed by atoms with van der Waals surface area (Å²) >= 11 is 0. The molecule has 0 spiro atoms. The van der Waals surface area contributed by atoms with Crippen LogP contribution in [0.3, 0.4) is 0 Å². The molecule has 23 heavy (non-hydrogen) atoms. The van der Waals surface area contributed by atoms with Gasteiger partial charge in [0.1, 0.15) is 0 Å². The summed E-state index contributed by atoms with van der Waals surface area (Å²) in [6.45, 7) is 7.36. The Kier molecular flexibility index (Phi) is 6.85. The first-order chi connectivity index (χ1) is 10.9. The summed E-state index contributed by atoms with van der Waals surface area (Å²) in [5, 5.41) is 3.02. The second kappa shape index (κ2) is 8.44. The number of carbonyl (C=O) groups excluding carboxylic acids is 1. The van der Waals surface area contributed by atoms with Crippen LogP contribution in [0.4, 0.5) is 0 Å². The number of hydrogen-bond donors (Lipinski definition) is 1. The summed E-state index contributed by atoms with van der Waals surface area (Å²) < 4.78 is 24.4. The number of piperidine rings is 2. The highest BCUT2D eigenvalue weighted by atomic mass is 32.2. The molecule has 6 nitrogen and oxygen atoms in total. The molecule has 2 aliphatic rings. The van der Waals surface area contributed by atoms with Crippen LogP contribution in [-0.4, -0.2) is 69.1 Å². The van der Waals surface area contributed by atoms with Crippen LogP contribution in [0.2, 0.25) is 0 Å². The first-order valence-corrected chi connectivity index (χ1v) is 10.7. The molecule has 2 saturated heterocycles. The van der Waals surface area contributed by atoms with Crippen molar-refractivity contribution in [2.45, 2.75) is 39.0 Å². The van der Waals surface area contributed by atoms with Crippen LogP contribution in [0.15, 0.2) is 0 Å². The van der Waals surface area contributed by atoms with Gasteiger partial charge in [-0.2, -0.15) is 0 Å². The van der Waals surface area contributed by atoms with Crippen molar-refractivity contribution < 1.29 is 13.2 Å². The highest BCUT2D eigenvalue weighted by Gasteiger charge is 2.28. The van der Waals surface area contributed by atoms with Crippen LogP contribution < -0.4 is 5.32 Å². The summed E-state index contributed by atoms with van der Waals surface area (Å²) in [6, 6.07) is 0. The fourth-order valence-electron chi connectivity index (χ4n) is 3.60. The maximum atomic E-state index is 12.2. The number of hydrogen-bond acceptors (Lipinski definition) is 4. The quantitative estimate of drug-likeness (QED) is 0.726. The van der Waals surface area contributed by atoms with Crippen LogP contribution in [-0.2, 0) is 14.8 Å². The minimum Gasteiger partial charge on any atom is -0.356 e. The lowest BCUT2D eigenvalue weighted by Crippen LogP contribution is -2.43. The van der Waals surface area contributed by atoms with Gasteiger partial charge in [-0.25, -0.2) is 12.7 Å². The monoisotopic (exact) mass is 345 g/mol. The SMILES string of the molecule is C[C@H]1CCCN(CCCNC(=O)C2CCN(S(C)(=O)=O)CC2)C1. The number of likely N-dealkylation sites (tertiary alicyclic amines) is 1. The molecule has 7 heteroatoms. The smallest absolute Gasteiger partial charge is 0.223 e. The van der Waals surface area contributed by atoms with E-state index in [0.29, 0.717) is 25.9 Å². The standard InChI is InChI=1S/C16H31N3O3S/c1-14-5-3-9-18(13-14)10-4-8-17-16(20)15-6-11-19(12-7-15)23(2,21)22/h14-15H,3-13H2,1-2H3,(H,17,20)/t14-/m0/s1. The van der Waals surface area contributed by atoms with Crippen LogP contribution in [0.5, 0.6) is 0 Å². The average Bonchev–Trinajstić information content (AvgIpc) is 2.51. The van der Waals surface area contributed by atoms with E-state index >= 15 is 0 Å². The topological polar surface area (TPSA) is 69.7 Å². The van der Waals surface area contributed by atoms with Gasteiger partial charge < -0.3 is 10.2 Å². The van der Waals surface area contributed by atoms with E-state index in [9.17, 15) is 13.2 Å². The Morgan fingerprint density at radius 2 is 1.87 bits per heavy atom. The predicted octanol–water partition coefficient (Wildman–Crippen LogP) is 0.896. The third kappa shape index (κ3) is 6.04. The molecule has 0 aliphatic carbocycles. The van der Waals surface area contributed by atoms with Gasteiger partial charge in [0.2, 0.25) is 15.9 Å². The molecule has 0 unspecified atom stereocenters. The Labute approximate surface area is 140 Å². The van der Waals surface area contributed by atoms with Crippen molar-refractivity contribution in [3.05, 3.63) is 0 Å². The fourth-order valence-corrected chi connectivity index (χ4v) is 4.47. The summed E-state index contributed by atoms with van der Waals surface area (Å²) in [4.78, 5) is 14.7. The molecule has 1 atom stereocenters. The third-order valence-corrected chi connectivity index (χ3v) is 6.29. The molecule has 2 aliphatic heterocycles. The highest BCUT2D eigenvalue weighted by Crippen LogP contribution is 2.19. The molecule has 0 saturated carbocycles. The van der Waals surface area contributed by atoms with Gasteiger partial charge in [0.05, 0.1) is 6.26 Å². The molecule has 0 radical (unpaired) electrons. The van der Waals surface area contributed by atoms with Crippen molar-refractivity contribution in [1.82, 2.24) is 14.5 Å². The van der Waals surface area contributed by atoms with Gasteiger partial charge in [-0.3, -0.25) is 4.79 Å². The average molecular weight is 346 g/mol. The van der Waals surface area contributed by atoms with Crippen molar-refractivity contribution >= 4 is 15.9 Å². The zero-order chi connectivity index (χ0) is 16.9. The molecule has 134 valence electrons. The first-order valence-electron chi connectivity index (χ1n) is 8.81. The molecular weight excluding hydrogens is 314 g/mol. The van der Waals surface area contributed by atoms with Gasteiger partial charge in [-0.1, -0.05) is 6.92 Å². The van der Waals surface area contributed by atoms with Gasteiger partial charge in [0.25, 0.3) is 0 Å². The second-order valence-electron chi connectivity index (χ2n) is 7.13. The minimum absolute atomic E-state index is 0.0389. The van der Waals surface area contributed by atoms with E-state index in [0.717, 1.165) is 25.4 Å². The van der Waals surface area contributed by atoms with E-state index in [1.165, 1.54) is 36.5 Å². The van der Waals surface area contributed by atoms with Gasteiger partial charge in [-0.05, 0) is 51.1 Å². The van der Waals surface area contributed by atoms with Gasteiger partial charge in [-0.15, -0.1) is 0 Å². The highest BCUT2D eigenvalue weighted by molar-refractivity contribution is 7.88. The number of sulfonamides is 1. The number of amides is 1. The Balaban J connectivity index is 1.60. The summed E-state index contributed by atoms with van der Waals surface area (Å²) in [6.07, 6.45) is 6.09. The number of nitrogens with one attached hydrogen (secondary N) is 1. The van der Waals surface area contributed by atoms with Crippen molar-refractivity contribution in [3.63, 3.8) is 0 Å². The lowest BCUT2D eigenvalue weighted by molar-refractivity contribution is -0.126. The zero-order valence-electron chi connectivity index (χ0n) is 14.5. The summed E-state index contributed by atoms with van der Waals surface area (Å²) in [7, 11) is -3.12. The van der Waals surface area contributed by atoms with Crippen molar-refractivity contribution in [3.8, 4) is 0 Å². The Morgan fingerprint density at radius 1 is 1.17 bits per heavy atom. The van der Waals surface area contributed by atoms with Gasteiger partial charge in [0, 0.05) is 32.1 Å². The van der Waals surface area contributed by atoms with Crippen molar-refractivity contribution in [2.24, 2.45) is 11.8 Å². The Hall–Kier alpha value is -0.660. The third-order valence-electron chi connectivity index (χ3n) is 4.99. The lowest BCUT2D eigenvalue weighted by Gasteiger charge is -2.31. The molecule has 2 heterocycles. The Bertz CT molecular complexity index is 487. The van der Waals surface area contributed by atoms with E-state index in [1.54, 1.807) is 0 Å². The van der Waals surface area contributed by atoms with E-state index < -0.39 is 10.0 Å². The molecular formula is C16H31N3O3S. The van der Waals surface area contributed by atoms with Crippen molar-refractivity contribution in [1.29, 1.82) is 0 Å². The van der Waals surface area contributed by atoms with E-state index in [2.05, 4.69) is 17.1 Å². The predicted molar refractivity (Wildman–Crippen MR) is 91.6 cm³/mol. The molecule has 0 aromatic carbocycles. The van der Waals surface area contributed by atoms with Crippen LogP contribution in [0, 0.1) is 11.8 Å². The lowest BCUT2D eigenvalue weighted by atomic mass is 9.97. The van der Waals surface area contributed by atoms with Gasteiger partial charge in [0.15, 0.2) is 0 Å². The molecule has 1 N–H and O–H groups in total. The maximum Gasteiger partial charge on any atom is 0.223 e. The summed E-state index contributed by atoms with van der Waals surface area (Å²) in [5.74, 6) is 0.839. The molecule has 0 aromatic rings. The second-order valence-corrected chi connectivity index (χ2v) is 9.11. The van der Waals surface area contributed by atoms with Crippen molar-refractivity contribution in [2.75, 3.05) is 45.5 Å². The number of nitrogens with zero attached hydrogens (tertiary/aromatic N) is 2. The Morgan fingerprint density at radius 3 is 2.48 bits per heavy atom. The maximum absolute atomic E-state index is 12.2. The van der Waals surface area contributed by atoms with E-state index in [4.69, 9.17) is 0 Å². The molecule has 2 fully saturated rings. The fraction of sp³-hybridized carbons (Fsp3) is 0.938. The van der Waals surface area contributed by atoms with E-state index in [1.807, 2.05) is 0 Å². The van der Waals surface area contributed by atoms with Gasteiger partial charge >= 0.3 is 0 Å². The van der Waals surface area contributed by atoms with Crippen LogP contribution >= 0.6 is 0 Å². The summed E-state index contributed by atoms with van der Waals surface area (Å²) in [5.41, 5.74) is 0. The number of carbonyl (C=O) groups is 1.